The molecule has 0 spiro atoms. The first kappa shape index (κ1) is 18.6. The van der Waals surface area contributed by atoms with E-state index in [1.807, 2.05) is 42.5 Å². The van der Waals surface area contributed by atoms with Crippen LogP contribution in [0, 0.1) is 0 Å². The number of rotatable bonds is 9. The molecule has 0 fully saturated rings. The van der Waals surface area contributed by atoms with E-state index in [9.17, 15) is 0 Å². The van der Waals surface area contributed by atoms with Gasteiger partial charge in [0, 0.05) is 49.3 Å². The molecule has 2 heterocycles. The zero-order valence-electron chi connectivity index (χ0n) is 15.2. The Balaban J connectivity index is 1.83. The fraction of sp³-hybridized carbons (Fsp3) is 0.250. The van der Waals surface area contributed by atoms with Crippen LogP contribution in [0.4, 0.5) is 11.8 Å². The lowest BCUT2D eigenvalue weighted by Crippen LogP contribution is -2.10. The third kappa shape index (κ3) is 5.15. The van der Waals surface area contributed by atoms with Crippen LogP contribution < -0.4 is 15.4 Å². The summed E-state index contributed by atoms with van der Waals surface area (Å²) in [4.78, 5) is 13.2. The van der Waals surface area contributed by atoms with E-state index in [0.717, 1.165) is 22.6 Å². The molecule has 3 aromatic rings. The largest absolute Gasteiger partial charge is 0.496 e. The Hall–Kier alpha value is -3.19. The summed E-state index contributed by atoms with van der Waals surface area (Å²) in [5.74, 6) is 2.03. The van der Waals surface area contributed by atoms with Crippen molar-refractivity contribution in [2.75, 3.05) is 30.9 Å². The van der Waals surface area contributed by atoms with Gasteiger partial charge in [0.05, 0.1) is 12.8 Å². The molecule has 0 amide bonds. The number of para-hydroxylation sites is 1. The number of pyridine rings is 1. The van der Waals surface area contributed by atoms with E-state index in [4.69, 9.17) is 9.84 Å². The predicted octanol–water partition coefficient (Wildman–Crippen LogP) is 2.95. The smallest absolute Gasteiger partial charge is 0.225 e. The molecule has 3 rings (SSSR count). The van der Waals surface area contributed by atoms with Crippen molar-refractivity contribution in [1.82, 2.24) is 15.0 Å². The van der Waals surface area contributed by atoms with E-state index in [1.165, 1.54) is 0 Å². The van der Waals surface area contributed by atoms with Gasteiger partial charge in [0.1, 0.15) is 11.6 Å². The number of ether oxygens (including phenoxy) is 1. The van der Waals surface area contributed by atoms with Crippen LogP contribution in [0.5, 0.6) is 5.75 Å². The minimum absolute atomic E-state index is 0.119. The van der Waals surface area contributed by atoms with E-state index in [-0.39, 0.29) is 6.61 Å². The van der Waals surface area contributed by atoms with Crippen molar-refractivity contribution in [3.63, 3.8) is 0 Å². The highest BCUT2D eigenvalue weighted by Crippen LogP contribution is 2.23. The summed E-state index contributed by atoms with van der Waals surface area (Å²) in [6.45, 7) is 1.29. The average Bonchev–Trinajstić information content (AvgIpc) is 2.73. The van der Waals surface area contributed by atoms with Crippen molar-refractivity contribution in [3.05, 3.63) is 60.4 Å². The number of methoxy groups -OCH3 is 1. The van der Waals surface area contributed by atoms with Crippen molar-refractivity contribution in [2.24, 2.45) is 0 Å². The molecule has 0 unspecified atom stereocenters. The van der Waals surface area contributed by atoms with Crippen LogP contribution in [0.3, 0.4) is 0 Å². The normalized spacial score (nSPS) is 10.4. The SMILES string of the molecule is COc1ccccc1CNc1cc(-c2cccnc2)nc(NCCCO)n1. The molecule has 0 aliphatic rings. The Morgan fingerprint density at radius 2 is 1.96 bits per heavy atom. The van der Waals surface area contributed by atoms with Crippen LogP contribution in [0.15, 0.2) is 54.9 Å². The lowest BCUT2D eigenvalue weighted by Gasteiger charge is -2.13. The van der Waals surface area contributed by atoms with Crippen LogP contribution in [-0.2, 0) is 6.54 Å². The van der Waals surface area contributed by atoms with Crippen molar-refractivity contribution in [3.8, 4) is 17.0 Å². The highest BCUT2D eigenvalue weighted by atomic mass is 16.5. The van der Waals surface area contributed by atoms with Gasteiger partial charge < -0.3 is 20.5 Å². The molecular formula is C20H23N5O2. The highest BCUT2D eigenvalue weighted by molar-refractivity contribution is 5.63. The number of anilines is 2. The number of nitrogens with zero attached hydrogens (tertiary/aromatic N) is 3. The topological polar surface area (TPSA) is 92.2 Å². The Labute approximate surface area is 158 Å². The molecule has 0 saturated carbocycles. The first-order chi connectivity index (χ1) is 13.3. The van der Waals surface area contributed by atoms with Gasteiger partial charge in [-0.1, -0.05) is 18.2 Å². The Kier molecular flexibility index (Phi) is 6.54. The minimum Gasteiger partial charge on any atom is -0.496 e. The highest BCUT2D eigenvalue weighted by Gasteiger charge is 2.08. The van der Waals surface area contributed by atoms with Crippen molar-refractivity contribution in [1.29, 1.82) is 0 Å². The molecule has 0 saturated heterocycles. The summed E-state index contributed by atoms with van der Waals surface area (Å²) in [6, 6.07) is 13.6. The number of aliphatic hydroxyl groups excluding tert-OH is 1. The van der Waals surface area contributed by atoms with Gasteiger partial charge in [-0.15, -0.1) is 0 Å². The lowest BCUT2D eigenvalue weighted by molar-refractivity contribution is 0.292. The van der Waals surface area contributed by atoms with Crippen LogP contribution in [0.25, 0.3) is 11.3 Å². The molecule has 1 aromatic carbocycles. The maximum atomic E-state index is 8.98. The van der Waals surface area contributed by atoms with Gasteiger partial charge in [0.2, 0.25) is 5.95 Å². The zero-order valence-corrected chi connectivity index (χ0v) is 15.2. The molecule has 0 bridgehead atoms. The number of hydrogen-bond donors (Lipinski definition) is 3. The van der Waals surface area contributed by atoms with E-state index < -0.39 is 0 Å². The second-order valence-corrected chi connectivity index (χ2v) is 5.87. The van der Waals surface area contributed by atoms with Crippen molar-refractivity contribution in [2.45, 2.75) is 13.0 Å². The van der Waals surface area contributed by atoms with Gasteiger partial charge in [-0.25, -0.2) is 4.98 Å². The van der Waals surface area contributed by atoms with Gasteiger partial charge in [-0.05, 0) is 24.6 Å². The molecular weight excluding hydrogens is 342 g/mol. The van der Waals surface area contributed by atoms with Crippen LogP contribution in [0.1, 0.15) is 12.0 Å². The van der Waals surface area contributed by atoms with Gasteiger partial charge in [0.15, 0.2) is 0 Å². The first-order valence-corrected chi connectivity index (χ1v) is 8.80. The van der Waals surface area contributed by atoms with E-state index in [0.29, 0.717) is 31.3 Å². The number of aromatic nitrogens is 3. The fourth-order valence-corrected chi connectivity index (χ4v) is 2.59. The molecule has 0 atom stereocenters. The molecule has 27 heavy (non-hydrogen) atoms. The van der Waals surface area contributed by atoms with Crippen molar-refractivity contribution >= 4 is 11.8 Å². The standard InChI is InChI=1S/C20H23N5O2/c1-27-18-8-3-2-6-16(18)14-23-19-12-17(15-7-4-9-21-13-15)24-20(25-19)22-10-5-11-26/h2-4,6-9,12-13,26H,5,10-11,14H2,1H3,(H2,22,23,24,25). The summed E-state index contributed by atoms with van der Waals surface area (Å²) < 4.78 is 5.40. The Bertz CT molecular complexity index is 858. The number of nitrogens with one attached hydrogen (secondary N) is 2. The molecule has 140 valence electrons. The minimum atomic E-state index is 0.119. The fourth-order valence-electron chi connectivity index (χ4n) is 2.59. The summed E-state index contributed by atoms with van der Waals surface area (Å²) in [5, 5.41) is 15.5. The van der Waals surface area contributed by atoms with E-state index >= 15 is 0 Å². The quantitative estimate of drug-likeness (QED) is 0.502. The van der Waals surface area contributed by atoms with Gasteiger partial charge in [-0.3, -0.25) is 4.98 Å². The maximum absolute atomic E-state index is 8.98. The second kappa shape index (κ2) is 9.49. The molecule has 0 radical (unpaired) electrons. The van der Waals surface area contributed by atoms with E-state index in [2.05, 4.69) is 25.6 Å². The molecule has 3 N–H and O–H groups in total. The third-order valence-corrected chi connectivity index (χ3v) is 3.95. The van der Waals surface area contributed by atoms with Crippen LogP contribution >= 0.6 is 0 Å². The molecule has 7 nitrogen and oxygen atoms in total. The Morgan fingerprint density at radius 3 is 2.74 bits per heavy atom. The molecule has 0 aliphatic heterocycles. The first-order valence-electron chi connectivity index (χ1n) is 8.80. The number of aliphatic hydroxyl groups is 1. The monoisotopic (exact) mass is 365 g/mol. The van der Waals surface area contributed by atoms with Gasteiger partial charge in [-0.2, -0.15) is 4.98 Å². The predicted molar refractivity (Wildman–Crippen MR) is 106 cm³/mol. The second-order valence-electron chi connectivity index (χ2n) is 5.87. The number of benzene rings is 1. The summed E-state index contributed by atoms with van der Waals surface area (Å²) >= 11 is 0. The van der Waals surface area contributed by atoms with Gasteiger partial charge in [0.25, 0.3) is 0 Å². The van der Waals surface area contributed by atoms with Crippen LogP contribution in [0.2, 0.25) is 0 Å². The summed E-state index contributed by atoms with van der Waals surface area (Å²) in [7, 11) is 1.66. The molecule has 7 heteroatoms. The molecule has 0 aliphatic carbocycles. The lowest BCUT2D eigenvalue weighted by atomic mass is 10.2. The maximum Gasteiger partial charge on any atom is 0.225 e. The van der Waals surface area contributed by atoms with E-state index in [1.54, 1.807) is 19.5 Å². The average molecular weight is 365 g/mol. The zero-order chi connectivity index (χ0) is 18.9. The summed E-state index contributed by atoms with van der Waals surface area (Å²) in [6.07, 6.45) is 4.13. The number of hydrogen-bond acceptors (Lipinski definition) is 7. The van der Waals surface area contributed by atoms with Crippen molar-refractivity contribution < 1.29 is 9.84 Å². The van der Waals surface area contributed by atoms with Crippen LogP contribution in [-0.4, -0.2) is 40.3 Å². The Morgan fingerprint density at radius 1 is 1.07 bits per heavy atom. The molecule has 2 aromatic heterocycles. The van der Waals surface area contributed by atoms with Gasteiger partial charge >= 0.3 is 0 Å². The third-order valence-electron chi connectivity index (χ3n) is 3.95. The summed E-state index contributed by atoms with van der Waals surface area (Å²) in [5.41, 5.74) is 2.72.